The number of β-amino-alcohol motifs (C(OH)–C–C–N with tert-alkyl or cyclic N) is 1. The summed E-state index contributed by atoms with van der Waals surface area (Å²) in [5.74, 6) is -1.12. The summed E-state index contributed by atoms with van der Waals surface area (Å²) in [5, 5.41) is 22.2. The maximum Gasteiger partial charge on any atom is 0.326 e. The van der Waals surface area contributed by atoms with Gasteiger partial charge >= 0.3 is 5.97 Å². The van der Waals surface area contributed by atoms with Crippen LogP contribution in [0, 0.1) is 5.41 Å². The Labute approximate surface area is 119 Å². The van der Waals surface area contributed by atoms with Gasteiger partial charge in [-0.25, -0.2) is 4.79 Å². The van der Waals surface area contributed by atoms with Crippen LogP contribution in [-0.4, -0.2) is 58.8 Å². The number of likely N-dealkylation sites (tertiary alicyclic amines) is 1. The molecule has 0 aromatic rings. The van der Waals surface area contributed by atoms with Crippen molar-refractivity contribution in [1.29, 1.82) is 0 Å². The maximum absolute atomic E-state index is 12.9. The summed E-state index contributed by atoms with van der Waals surface area (Å²) in [4.78, 5) is 25.6. The van der Waals surface area contributed by atoms with Crippen molar-refractivity contribution >= 4 is 11.9 Å². The molecule has 0 saturated carbocycles. The van der Waals surface area contributed by atoms with Crippen LogP contribution in [0.2, 0.25) is 0 Å². The minimum absolute atomic E-state index is 0.101. The van der Waals surface area contributed by atoms with E-state index in [1.807, 2.05) is 6.92 Å². The molecule has 0 bridgehead atoms. The van der Waals surface area contributed by atoms with Gasteiger partial charge in [-0.05, 0) is 25.8 Å². The lowest BCUT2D eigenvalue weighted by molar-refractivity contribution is -0.154. The molecule has 114 valence electrons. The summed E-state index contributed by atoms with van der Waals surface area (Å²) >= 11 is 0. The van der Waals surface area contributed by atoms with Gasteiger partial charge < -0.3 is 20.4 Å². The fourth-order valence-corrected chi connectivity index (χ4v) is 3.53. The first-order valence-electron chi connectivity index (χ1n) is 7.43. The van der Waals surface area contributed by atoms with Crippen molar-refractivity contribution in [2.45, 2.75) is 51.2 Å². The Hall–Kier alpha value is -1.14. The zero-order valence-electron chi connectivity index (χ0n) is 12.0. The van der Waals surface area contributed by atoms with E-state index in [0.29, 0.717) is 6.54 Å². The van der Waals surface area contributed by atoms with Crippen LogP contribution >= 0.6 is 0 Å². The van der Waals surface area contributed by atoms with Gasteiger partial charge in [0.15, 0.2) is 0 Å². The van der Waals surface area contributed by atoms with Gasteiger partial charge in [-0.15, -0.1) is 0 Å². The summed E-state index contributed by atoms with van der Waals surface area (Å²) in [5.41, 5.74) is -0.495. The zero-order valence-corrected chi connectivity index (χ0v) is 12.0. The second kappa shape index (κ2) is 6.10. The van der Waals surface area contributed by atoms with E-state index in [2.05, 4.69) is 5.32 Å². The number of amides is 1. The molecular weight excluding hydrogens is 260 g/mol. The molecule has 1 amide bonds. The molecular formula is C14H24N2O4. The van der Waals surface area contributed by atoms with Crippen molar-refractivity contribution in [1.82, 2.24) is 10.2 Å². The second-order valence-electron chi connectivity index (χ2n) is 6.01. The number of hydrogen-bond donors (Lipinski definition) is 3. The molecule has 6 heteroatoms. The number of aliphatic carboxylic acids is 1. The number of rotatable bonds is 4. The molecule has 6 nitrogen and oxygen atoms in total. The van der Waals surface area contributed by atoms with Crippen LogP contribution in [0.4, 0.5) is 0 Å². The summed E-state index contributed by atoms with van der Waals surface area (Å²) in [6.07, 6.45) is 2.79. The van der Waals surface area contributed by atoms with E-state index in [1.165, 1.54) is 4.90 Å². The predicted octanol–water partition coefficient (Wildman–Crippen LogP) is 0.203. The van der Waals surface area contributed by atoms with Gasteiger partial charge in [-0.2, -0.15) is 0 Å². The molecule has 0 aromatic heterocycles. The Balaban J connectivity index is 2.20. The number of aliphatic hydroxyl groups excluding tert-OH is 1. The molecule has 0 aliphatic carbocycles. The lowest BCUT2D eigenvalue weighted by atomic mass is 9.75. The molecule has 2 heterocycles. The van der Waals surface area contributed by atoms with E-state index >= 15 is 0 Å². The van der Waals surface area contributed by atoms with Crippen LogP contribution in [0.15, 0.2) is 0 Å². The Kier molecular flexibility index (Phi) is 4.65. The first kappa shape index (κ1) is 15.3. The van der Waals surface area contributed by atoms with Gasteiger partial charge in [0.25, 0.3) is 0 Å². The average molecular weight is 284 g/mol. The largest absolute Gasteiger partial charge is 0.480 e. The number of carbonyl (C=O) groups is 2. The Morgan fingerprint density at radius 2 is 2.20 bits per heavy atom. The van der Waals surface area contributed by atoms with Gasteiger partial charge in [-0.1, -0.05) is 13.3 Å². The van der Waals surface area contributed by atoms with Crippen LogP contribution in [-0.2, 0) is 9.59 Å². The first-order chi connectivity index (χ1) is 9.50. The number of aliphatic hydroxyl groups is 1. The minimum Gasteiger partial charge on any atom is -0.480 e. The summed E-state index contributed by atoms with van der Waals surface area (Å²) in [6.45, 7) is 3.70. The molecule has 2 rings (SSSR count). The second-order valence-corrected chi connectivity index (χ2v) is 6.01. The Morgan fingerprint density at radius 1 is 1.45 bits per heavy atom. The van der Waals surface area contributed by atoms with E-state index in [4.69, 9.17) is 0 Å². The maximum atomic E-state index is 12.9. The van der Waals surface area contributed by atoms with Crippen LogP contribution < -0.4 is 5.32 Å². The number of piperidine rings is 1. The van der Waals surface area contributed by atoms with Gasteiger partial charge in [0.05, 0.1) is 11.5 Å². The molecule has 3 N–H and O–H groups in total. The summed E-state index contributed by atoms with van der Waals surface area (Å²) in [6, 6.07) is -0.881. The highest BCUT2D eigenvalue weighted by Gasteiger charge is 2.47. The number of carbonyl (C=O) groups excluding carboxylic acids is 1. The molecule has 0 aromatic carbocycles. The predicted molar refractivity (Wildman–Crippen MR) is 73.2 cm³/mol. The molecule has 2 aliphatic rings. The van der Waals surface area contributed by atoms with Crippen LogP contribution in [0.5, 0.6) is 0 Å². The number of carboxylic acids is 1. The fourth-order valence-electron chi connectivity index (χ4n) is 3.53. The minimum atomic E-state index is -1.02. The number of nitrogens with zero attached hydrogens (tertiary/aromatic N) is 1. The highest BCUT2D eigenvalue weighted by molar-refractivity contribution is 5.88. The highest BCUT2D eigenvalue weighted by Crippen LogP contribution is 2.36. The Bertz CT molecular complexity index is 374. The summed E-state index contributed by atoms with van der Waals surface area (Å²) in [7, 11) is 0. The van der Waals surface area contributed by atoms with Gasteiger partial charge in [-0.3, -0.25) is 4.79 Å². The SMILES string of the molecule is CCCC1(C(=O)N2CC(O)CC2C(=O)O)CCCNC1. The van der Waals surface area contributed by atoms with Crippen molar-refractivity contribution in [3.63, 3.8) is 0 Å². The third kappa shape index (κ3) is 2.81. The zero-order chi connectivity index (χ0) is 14.8. The standard InChI is InChI=1S/C14H24N2O4/c1-2-4-14(5-3-6-15-9-14)13(20)16-8-10(17)7-11(16)12(18)19/h10-11,15,17H,2-9H2,1H3,(H,18,19). The van der Waals surface area contributed by atoms with E-state index in [0.717, 1.165) is 32.2 Å². The molecule has 20 heavy (non-hydrogen) atoms. The van der Waals surface area contributed by atoms with Crippen molar-refractivity contribution in [2.75, 3.05) is 19.6 Å². The van der Waals surface area contributed by atoms with Gasteiger partial charge in [0.1, 0.15) is 6.04 Å². The smallest absolute Gasteiger partial charge is 0.326 e. The van der Waals surface area contributed by atoms with Crippen molar-refractivity contribution in [3.8, 4) is 0 Å². The topological polar surface area (TPSA) is 89.9 Å². The number of carboxylic acid groups (broad SMARTS) is 1. The van der Waals surface area contributed by atoms with E-state index < -0.39 is 23.5 Å². The van der Waals surface area contributed by atoms with Gasteiger partial charge in [0, 0.05) is 19.5 Å². The van der Waals surface area contributed by atoms with E-state index in [9.17, 15) is 19.8 Å². The molecule has 2 aliphatic heterocycles. The van der Waals surface area contributed by atoms with Crippen molar-refractivity contribution < 1.29 is 19.8 Å². The van der Waals surface area contributed by atoms with Crippen molar-refractivity contribution in [2.24, 2.45) is 5.41 Å². The fraction of sp³-hybridized carbons (Fsp3) is 0.857. The molecule has 2 saturated heterocycles. The van der Waals surface area contributed by atoms with Crippen molar-refractivity contribution in [3.05, 3.63) is 0 Å². The lowest BCUT2D eigenvalue weighted by Gasteiger charge is -2.40. The molecule has 0 spiro atoms. The molecule has 3 unspecified atom stereocenters. The number of hydrogen-bond acceptors (Lipinski definition) is 4. The lowest BCUT2D eigenvalue weighted by Crippen LogP contribution is -2.54. The molecule has 2 fully saturated rings. The quantitative estimate of drug-likeness (QED) is 0.686. The normalized spacial score (nSPS) is 34.2. The first-order valence-corrected chi connectivity index (χ1v) is 7.43. The Morgan fingerprint density at radius 3 is 2.75 bits per heavy atom. The van der Waals surface area contributed by atoms with Gasteiger partial charge in [0.2, 0.25) is 5.91 Å². The molecule has 3 atom stereocenters. The molecule has 0 radical (unpaired) electrons. The monoisotopic (exact) mass is 284 g/mol. The van der Waals surface area contributed by atoms with Crippen LogP contribution in [0.3, 0.4) is 0 Å². The summed E-state index contributed by atoms with van der Waals surface area (Å²) < 4.78 is 0. The third-order valence-corrected chi connectivity index (χ3v) is 4.48. The highest BCUT2D eigenvalue weighted by atomic mass is 16.4. The average Bonchev–Trinajstić information content (AvgIpc) is 2.81. The van der Waals surface area contributed by atoms with E-state index in [-0.39, 0.29) is 18.9 Å². The third-order valence-electron chi connectivity index (χ3n) is 4.48. The van der Waals surface area contributed by atoms with Crippen LogP contribution in [0.1, 0.15) is 39.0 Å². The van der Waals surface area contributed by atoms with Crippen LogP contribution in [0.25, 0.3) is 0 Å². The van der Waals surface area contributed by atoms with E-state index in [1.54, 1.807) is 0 Å². The number of nitrogens with one attached hydrogen (secondary N) is 1.